The number of hydrogen-bond donors (Lipinski definition) is 0. The monoisotopic (exact) mass is 190 g/mol. The van der Waals surface area contributed by atoms with Crippen LogP contribution in [0.4, 0.5) is 0 Å². The molecule has 0 aliphatic rings. The summed E-state index contributed by atoms with van der Waals surface area (Å²) in [5.74, 6) is -0.161. The highest BCUT2D eigenvalue weighted by molar-refractivity contribution is 5.98. The topological polar surface area (TPSA) is 34.1 Å². The Morgan fingerprint density at radius 3 is 1.29 bits per heavy atom. The normalized spacial score (nSPS) is 12.1. The van der Waals surface area contributed by atoms with E-state index in [9.17, 15) is 9.59 Å². The van der Waals surface area contributed by atoms with Gasteiger partial charge in [-0.15, -0.1) is 0 Å². The highest BCUT2D eigenvalue weighted by Crippen LogP contribution is 2.02. The van der Waals surface area contributed by atoms with E-state index in [0.29, 0.717) is 11.1 Å². The fraction of sp³-hybridized carbons (Fsp3) is 0.167. The van der Waals surface area contributed by atoms with Gasteiger partial charge in [-0.2, -0.15) is 0 Å². The van der Waals surface area contributed by atoms with E-state index >= 15 is 0 Å². The Kier molecular flexibility index (Phi) is 5.15. The average molecular weight is 190 g/mol. The maximum Gasteiger partial charge on any atom is 0.159 e. The minimum Gasteiger partial charge on any atom is -0.295 e. The second-order valence-corrected chi connectivity index (χ2v) is 2.76. The van der Waals surface area contributed by atoms with Crippen LogP contribution in [0.1, 0.15) is 13.8 Å². The predicted molar refractivity (Wildman–Crippen MR) is 57.9 cm³/mol. The second kappa shape index (κ2) is 5.86. The third-order valence-electron chi connectivity index (χ3n) is 1.70. The summed E-state index contributed by atoms with van der Waals surface area (Å²) in [5, 5.41) is 0. The van der Waals surface area contributed by atoms with E-state index in [2.05, 4.69) is 13.2 Å². The smallest absolute Gasteiger partial charge is 0.159 e. The molecule has 0 amide bonds. The van der Waals surface area contributed by atoms with Crippen molar-refractivity contribution in [3.8, 4) is 0 Å². The lowest BCUT2D eigenvalue weighted by Crippen LogP contribution is -1.94. The van der Waals surface area contributed by atoms with Gasteiger partial charge in [-0.25, -0.2) is 0 Å². The molecule has 2 heteroatoms. The SMILES string of the molecule is C=C/C(=C\C=C(/C=C)C(C)=O)C(C)=O. The van der Waals surface area contributed by atoms with Crippen molar-refractivity contribution in [1.82, 2.24) is 0 Å². The molecular formula is C12H14O2. The summed E-state index contributed by atoms with van der Waals surface area (Å²) >= 11 is 0. The van der Waals surface area contributed by atoms with Gasteiger partial charge in [0.05, 0.1) is 0 Å². The summed E-state index contributed by atoms with van der Waals surface area (Å²) in [7, 11) is 0. The van der Waals surface area contributed by atoms with Crippen LogP contribution in [-0.4, -0.2) is 11.6 Å². The summed E-state index contributed by atoms with van der Waals surface area (Å²) in [6.45, 7) is 9.90. The van der Waals surface area contributed by atoms with Gasteiger partial charge in [-0.1, -0.05) is 37.5 Å². The summed E-state index contributed by atoms with van der Waals surface area (Å²) in [6.07, 6.45) is 6.04. The van der Waals surface area contributed by atoms with Gasteiger partial charge in [0, 0.05) is 11.1 Å². The van der Waals surface area contributed by atoms with E-state index in [1.807, 2.05) is 0 Å². The first-order chi connectivity index (χ1) is 6.52. The van der Waals surface area contributed by atoms with Gasteiger partial charge >= 0.3 is 0 Å². The van der Waals surface area contributed by atoms with Crippen molar-refractivity contribution in [2.75, 3.05) is 0 Å². The molecule has 0 fully saturated rings. The lowest BCUT2D eigenvalue weighted by Gasteiger charge is -1.94. The van der Waals surface area contributed by atoms with Gasteiger partial charge in [0.15, 0.2) is 11.6 Å². The molecule has 0 spiro atoms. The van der Waals surface area contributed by atoms with Crippen molar-refractivity contribution in [2.24, 2.45) is 0 Å². The molecule has 0 bridgehead atoms. The zero-order valence-corrected chi connectivity index (χ0v) is 8.54. The fourth-order valence-electron chi connectivity index (χ4n) is 0.838. The lowest BCUT2D eigenvalue weighted by atomic mass is 10.1. The number of allylic oxidation sites excluding steroid dienone is 6. The molecule has 0 radical (unpaired) electrons. The molecule has 0 aromatic rings. The molecule has 0 aromatic heterocycles. The fourth-order valence-corrected chi connectivity index (χ4v) is 0.838. The molecular weight excluding hydrogens is 176 g/mol. The van der Waals surface area contributed by atoms with Gasteiger partial charge in [-0.3, -0.25) is 9.59 Å². The maximum absolute atomic E-state index is 11.0. The summed E-state index contributed by atoms with van der Waals surface area (Å²) < 4.78 is 0. The van der Waals surface area contributed by atoms with Crippen LogP contribution >= 0.6 is 0 Å². The van der Waals surface area contributed by atoms with E-state index in [1.54, 1.807) is 12.2 Å². The first-order valence-electron chi connectivity index (χ1n) is 4.21. The molecule has 0 N–H and O–H groups in total. The van der Waals surface area contributed by atoms with Gasteiger partial charge in [0.25, 0.3) is 0 Å². The third-order valence-corrected chi connectivity index (χ3v) is 1.70. The largest absolute Gasteiger partial charge is 0.295 e. The van der Waals surface area contributed by atoms with E-state index in [4.69, 9.17) is 0 Å². The maximum atomic E-state index is 11.0. The van der Waals surface area contributed by atoms with E-state index in [1.165, 1.54) is 26.0 Å². The molecule has 74 valence electrons. The quantitative estimate of drug-likeness (QED) is 0.492. The third kappa shape index (κ3) is 3.81. The van der Waals surface area contributed by atoms with Gasteiger partial charge in [0.1, 0.15) is 0 Å². The van der Waals surface area contributed by atoms with Crippen LogP contribution in [0.25, 0.3) is 0 Å². The zero-order chi connectivity index (χ0) is 11.1. The Balaban J connectivity index is 4.97. The Morgan fingerprint density at radius 1 is 0.857 bits per heavy atom. The number of hydrogen-bond acceptors (Lipinski definition) is 2. The minimum absolute atomic E-state index is 0.0804. The van der Waals surface area contributed by atoms with Crippen molar-refractivity contribution in [2.45, 2.75) is 13.8 Å². The van der Waals surface area contributed by atoms with Crippen molar-refractivity contribution < 1.29 is 9.59 Å². The van der Waals surface area contributed by atoms with Crippen molar-refractivity contribution in [3.05, 3.63) is 48.6 Å². The van der Waals surface area contributed by atoms with Gasteiger partial charge in [-0.05, 0) is 13.8 Å². The predicted octanol–water partition coefficient (Wildman–Crippen LogP) is 2.39. The molecule has 0 aliphatic carbocycles. The molecule has 0 saturated carbocycles. The Morgan fingerprint density at radius 2 is 1.14 bits per heavy atom. The first kappa shape index (κ1) is 12.3. The van der Waals surface area contributed by atoms with Crippen LogP contribution < -0.4 is 0 Å². The van der Waals surface area contributed by atoms with Crippen LogP contribution in [-0.2, 0) is 9.59 Å². The molecule has 0 rings (SSSR count). The number of rotatable bonds is 5. The van der Waals surface area contributed by atoms with Gasteiger partial charge in [0.2, 0.25) is 0 Å². The Bertz CT molecular complexity index is 296. The molecule has 0 atom stereocenters. The minimum atomic E-state index is -0.0804. The van der Waals surface area contributed by atoms with Crippen LogP contribution in [0.15, 0.2) is 48.6 Å². The number of carbonyl (C=O) groups excluding carboxylic acids is 2. The summed E-state index contributed by atoms with van der Waals surface area (Å²) in [5.41, 5.74) is 0.955. The van der Waals surface area contributed by atoms with Crippen LogP contribution in [0.5, 0.6) is 0 Å². The highest BCUT2D eigenvalue weighted by Gasteiger charge is 1.98. The van der Waals surface area contributed by atoms with Crippen LogP contribution in [0.2, 0.25) is 0 Å². The zero-order valence-electron chi connectivity index (χ0n) is 8.54. The van der Waals surface area contributed by atoms with E-state index in [0.717, 1.165) is 0 Å². The molecule has 0 unspecified atom stereocenters. The van der Waals surface area contributed by atoms with Crippen molar-refractivity contribution >= 4 is 11.6 Å². The lowest BCUT2D eigenvalue weighted by molar-refractivity contribution is -0.114. The molecule has 0 heterocycles. The molecule has 0 saturated heterocycles. The first-order valence-corrected chi connectivity index (χ1v) is 4.21. The number of carbonyl (C=O) groups is 2. The van der Waals surface area contributed by atoms with Crippen molar-refractivity contribution in [3.63, 3.8) is 0 Å². The molecule has 0 aliphatic heterocycles. The van der Waals surface area contributed by atoms with Crippen molar-refractivity contribution in [1.29, 1.82) is 0 Å². The molecule has 0 aromatic carbocycles. The Labute approximate surface area is 84.3 Å². The van der Waals surface area contributed by atoms with E-state index < -0.39 is 0 Å². The Hall–Kier alpha value is -1.70. The molecule has 14 heavy (non-hydrogen) atoms. The van der Waals surface area contributed by atoms with Gasteiger partial charge < -0.3 is 0 Å². The number of Topliss-reactive ketones (excluding diaryl/α,β-unsaturated/α-hetero) is 2. The van der Waals surface area contributed by atoms with E-state index in [-0.39, 0.29) is 11.6 Å². The average Bonchev–Trinajstić information content (AvgIpc) is 2.11. The summed E-state index contributed by atoms with van der Waals surface area (Å²) in [6, 6.07) is 0. The molecule has 2 nitrogen and oxygen atoms in total. The summed E-state index contributed by atoms with van der Waals surface area (Å²) in [4.78, 5) is 21.9. The standard InChI is InChI=1S/C12H14O2/c1-5-11(9(3)13)7-8-12(6-2)10(4)14/h5-8H,1-2H2,3-4H3/b11-7+,12-8+. The second-order valence-electron chi connectivity index (χ2n) is 2.76. The highest BCUT2D eigenvalue weighted by atomic mass is 16.1. The number of ketones is 2. The van der Waals surface area contributed by atoms with Crippen LogP contribution in [0, 0.1) is 0 Å². The van der Waals surface area contributed by atoms with Crippen LogP contribution in [0.3, 0.4) is 0 Å².